The SMILES string of the molecule is Cl.NCCOc1ccc(NC(=O)C2CC2c2ccccc2OC(F)(F)F)cc1. The third kappa shape index (κ3) is 5.77. The fraction of sp³-hybridized carbons (Fsp3) is 0.316. The van der Waals surface area contributed by atoms with Gasteiger partial charge in [-0.2, -0.15) is 0 Å². The minimum Gasteiger partial charge on any atom is -0.492 e. The Labute approximate surface area is 166 Å². The normalized spacial score (nSPS) is 18.0. The first-order valence-corrected chi connectivity index (χ1v) is 8.46. The van der Waals surface area contributed by atoms with Gasteiger partial charge in [0.05, 0.1) is 0 Å². The molecule has 1 aliphatic carbocycles. The quantitative estimate of drug-likeness (QED) is 0.713. The summed E-state index contributed by atoms with van der Waals surface area (Å²) >= 11 is 0. The number of rotatable bonds is 7. The van der Waals surface area contributed by atoms with Gasteiger partial charge in [0, 0.05) is 18.2 Å². The maximum absolute atomic E-state index is 12.5. The van der Waals surface area contributed by atoms with Crippen LogP contribution in [0.2, 0.25) is 0 Å². The molecule has 1 aliphatic rings. The molecule has 0 aliphatic heterocycles. The number of ether oxygens (including phenoxy) is 2. The van der Waals surface area contributed by atoms with Gasteiger partial charge < -0.3 is 20.5 Å². The number of alkyl halides is 3. The van der Waals surface area contributed by atoms with E-state index < -0.39 is 12.3 Å². The van der Waals surface area contributed by atoms with E-state index in [0.29, 0.717) is 36.6 Å². The highest BCUT2D eigenvalue weighted by Crippen LogP contribution is 2.51. The van der Waals surface area contributed by atoms with E-state index in [2.05, 4.69) is 10.1 Å². The van der Waals surface area contributed by atoms with Gasteiger partial charge in [-0.3, -0.25) is 4.79 Å². The molecule has 3 N–H and O–H groups in total. The van der Waals surface area contributed by atoms with Crippen LogP contribution in [-0.2, 0) is 4.79 Å². The van der Waals surface area contributed by atoms with Crippen LogP contribution in [0.4, 0.5) is 18.9 Å². The lowest BCUT2D eigenvalue weighted by Crippen LogP contribution is -2.18. The van der Waals surface area contributed by atoms with Crippen molar-refractivity contribution in [3.8, 4) is 11.5 Å². The molecular formula is C19H20ClF3N2O3. The molecule has 28 heavy (non-hydrogen) atoms. The number of amides is 1. The number of carbonyl (C=O) groups is 1. The zero-order chi connectivity index (χ0) is 19.4. The highest BCUT2D eigenvalue weighted by Gasteiger charge is 2.46. The number of nitrogens with two attached hydrogens (primary N) is 1. The number of carbonyl (C=O) groups excluding carboxylic acids is 1. The predicted molar refractivity (Wildman–Crippen MR) is 101 cm³/mol. The third-order valence-corrected chi connectivity index (χ3v) is 4.18. The average Bonchev–Trinajstić information content (AvgIpc) is 3.41. The van der Waals surface area contributed by atoms with E-state index in [-0.39, 0.29) is 30.0 Å². The number of halogens is 4. The van der Waals surface area contributed by atoms with Crippen LogP contribution in [0, 0.1) is 5.92 Å². The molecule has 0 radical (unpaired) electrons. The second-order valence-corrected chi connectivity index (χ2v) is 6.19. The molecule has 1 amide bonds. The van der Waals surface area contributed by atoms with E-state index in [1.54, 1.807) is 36.4 Å². The lowest BCUT2D eigenvalue weighted by molar-refractivity contribution is -0.274. The van der Waals surface area contributed by atoms with Gasteiger partial charge >= 0.3 is 6.36 Å². The Bertz CT molecular complexity index is 800. The Morgan fingerprint density at radius 3 is 2.46 bits per heavy atom. The molecule has 1 fully saturated rings. The van der Waals surface area contributed by atoms with Crippen molar-refractivity contribution in [2.24, 2.45) is 11.7 Å². The third-order valence-electron chi connectivity index (χ3n) is 4.18. The summed E-state index contributed by atoms with van der Waals surface area (Å²) in [4.78, 5) is 12.4. The van der Waals surface area contributed by atoms with Gasteiger partial charge in [-0.05, 0) is 48.2 Å². The minimum absolute atomic E-state index is 0. The first kappa shape index (κ1) is 21.8. The van der Waals surface area contributed by atoms with Crippen LogP contribution in [0.5, 0.6) is 11.5 Å². The van der Waals surface area contributed by atoms with Crippen molar-refractivity contribution in [2.45, 2.75) is 18.7 Å². The van der Waals surface area contributed by atoms with Crippen LogP contribution < -0.4 is 20.5 Å². The molecule has 2 unspecified atom stereocenters. The Morgan fingerprint density at radius 2 is 1.82 bits per heavy atom. The Hall–Kier alpha value is -2.45. The summed E-state index contributed by atoms with van der Waals surface area (Å²) in [6.07, 6.45) is -4.29. The van der Waals surface area contributed by atoms with Crippen molar-refractivity contribution < 1.29 is 27.4 Å². The molecular weight excluding hydrogens is 397 g/mol. The molecule has 3 rings (SSSR count). The van der Waals surface area contributed by atoms with Crippen molar-refractivity contribution >= 4 is 24.0 Å². The Balaban J connectivity index is 0.00000280. The second-order valence-electron chi connectivity index (χ2n) is 6.19. The van der Waals surface area contributed by atoms with Gasteiger partial charge in [0.2, 0.25) is 5.91 Å². The van der Waals surface area contributed by atoms with Crippen LogP contribution in [0.1, 0.15) is 17.9 Å². The summed E-state index contributed by atoms with van der Waals surface area (Å²) < 4.78 is 47.1. The zero-order valence-electron chi connectivity index (χ0n) is 14.7. The fourth-order valence-electron chi connectivity index (χ4n) is 2.88. The van der Waals surface area contributed by atoms with Crippen LogP contribution in [0.25, 0.3) is 0 Å². The maximum Gasteiger partial charge on any atom is 0.573 e. The van der Waals surface area contributed by atoms with Crippen molar-refractivity contribution in [1.29, 1.82) is 0 Å². The molecule has 0 aromatic heterocycles. The lowest BCUT2D eigenvalue weighted by Gasteiger charge is -2.13. The van der Waals surface area contributed by atoms with Crippen LogP contribution in [0.3, 0.4) is 0 Å². The Kier molecular flexibility index (Phi) is 7.15. The molecule has 0 saturated heterocycles. The molecule has 152 valence electrons. The maximum atomic E-state index is 12.5. The van der Waals surface area contributed by atoms with Gasteiger partial charge in [-0.1, -0.05) is 18.2 Å². The monoisotopic (exact) mass is 416 g/mol. The molecule has 9 heteroatoms. The van der Waals surface area contributed by atoms with Crippen molar-refractivity contribution in [1.82, 2.24) is 0 Å². The van der Waals surface area contributed by atoms with Gasteiger partial charge in [0.1, 0.15) is 18.1 Å². The molecule has 0 heterocycles. The zero-order valence-corrected chi connectivity index (χ0v) is 15.6. The number of para-hydroxylation sites is 1. The molecule has 0 bridgehead atoms. The van der Waals surface area contributed by atoms with Crippen molar-refractivity contribution in [3.05, 3.63) is 54.1 Å². The lowest BCUT2D eigenvalue weighted by atomic mass is 10.1. The number of benzene rings is 2. The van der Waals surface area contributed by atoms with Gasteiger partial charge in [-0.25, -0.2) is 0 Å². The van der Waals surface area contributed by atoms with Gasteiger partial charge in [0.15, 0.2) is 0 Å². The molecule has 1 saturated carbocycles. The highest BCUT2D eigenvalue weighted by atomic mass is 35.5. The summed E-state index contributed by atoms with van der Waals surface area (Å²) in [5.41, 5.74) is 6.34. The smallest absolute Gasteiger partial charge is 0.492 e. The molecule has 5 nitrogen and oxygen atoms in total. The first-order chi connectivity index (χ1) is 12.9. The van der Waals surface area contributed by atoms with Crippen molar-refractivity contribution in [2.75, 3.05) is 18.5 Å². The van der Waals surface area contributed by atoms with Crippen LogP contribution in [-0.4, -0.2) is 25.4 Å². The van der Waals surface area contributed by atoms with Gasteiger partial charge in [0.25, 0.3) is 0 Å². The number of nitrogens with one attached hydrogen (secondary N) is 1. The fourth-order valence-corrected chi connectivity index (χ4v) is 2.88. The minimum atomic E-state index is -4.77. The highest BCUT2D eigenvalue weighted by molar-refractivity contribution is 5.95. The molecule has 2 aromatic rings. The van der Waals surface area contributed by atoms with E-state index in [9.17, 15) is 18.0 Å². The Morgan fingerprint density at radius 1 is 1.14 bits per heavy atom. The standard InChI is InChI=1S/C19H19F3N2O3.ClH/c20-19(21,22)27-17-4-2-1-3-14(17)15-11-16(15)18(25)24-12-5-7-13(8-6-12)26-10-9-23;/h1-8,15-16H,9-11,23H2,(H,24,25);1H. The average molecular weight is 417 g/mol. The summed E-state index contributed by atoms with van der Waals surface area (Å²) in [5.74, 6) is -0.544. The van der Waals surface area contributed by atoms with Crippen molar-refractivity contribution in [3.63, 3.8) is 0 Å². The number of hydrogen-bond donors (Lipinski definition) is 2. The molecule has 0 spiro atoms. The van der Waals surface area contributed by atoms with Gasteiger partial charge in [-0.15, -0.1) is 25.6 Å². The summed E-state index contributed by atoms with van der Waals surface area (Å²) in [7, 11) is 0. The predicted octanol–water partition coefficient (Wildman–Crippen LogP) is 4.09. The first-order valence-electron chi connectivity index (χ1n) is 8.46. The van der Waals surface area contributed by atoms with E-state index in [4.69, 9.17) is 10.5 Å². The van der Waals surface area contributed by atoms with E-state index in [1.807, 2.05) is 0 Å². The molecule has 2 aromatic carbocycles. The van der Waals surface area contributed by atoms with E-state index >= 15 is 0 Å². The second kappa shape index (κ2) is 9.16. The summed E-state index contributed by atoms with van der Waals surface area (Å²) in [6.45, 7) is 0.802. The summed E-state index contributed by atoms with van der Waals surface area (Å²) in [5, 5.41) is 2.77. The number of hydrogen-bond acceptors (Lipinski definition) is 4. The number of anilines is 1. The topological polar surface area (TPSA) is 73.6 Å². The van der Waals surface area contributed by atoms with Crippen LogP contribution in [0.15, 0.2) is 48.5 Å². The summed E-state index contributed by atoms with van der Waals surface area (Å²) in [6, 6.07) is 12.7. The van der Waals surface area contributed by atoms with E-state index in [0.717, 1.165) is 0 Å². The van der Waals surface area contributed by atoms with Crippen LogP contribution >= 0.6 is 12.4 Å². The van der Waals surface area contributed by atoms with E-state index in [1.165, 1.54) is 12.1 Å². The molecule has 2 atom stereocenters. The largest absolute Gasteiger partial charge is 0.573 e.